The molecule has 0 aromatic heterocycles. The number of piperazine rings is 1. The summed E-state index contributed by atoms with van der Waals surface area (Å²) >= 11 is 7.67. The Balaban J connectivity index is 1.23. The number of benzene rings is 2. The lowest BCUT2D eigenvalue weighted by Crippen LogP contribution is -2.51. The third-order valence-electron chi connectivity index (χ3n) is 5.39. The minimum atomic E-state index is 0.0639. The van der Waals surface area contributed by atoms with Crippen LogP contribution in [0.25, 0.3) is 0 Å². The molecule has 5 nitrogen and oxygen atoms in total. The summed E-state index contributed by atoms with van der Waals surface area (Å²) in [5.41, 5.74) is 1.90. The largest absolute Gasteiger partial charge is 0.352 e. The highest BCUT2D eigenvalue weighted by molar-refractivity contribution is 7.98. The minimum Gasteiger partial charge on any atom is -0.352 e. The normalized spacial score (nSPS) is 17.0. The van der Waals surface area contributed by atoms with Crippen molar-refractivity contribution in [3.63, 3.8) is 0 Å². The van der Waals surface area contributed by atoms with Crippen molar-refractivity contribution in [2.45, 2.75) is 29.5 Å². The van der Waals surface area contributed by atoms with Gasteiger partial charge in [-0.15, -0.1) is 11.8 Å². The molecule has 30 heavy (non-hydrogen) atoms. The molecule has 2 amide bonds. The van der Waals surface area contributed by atoms with Crippen molar-refractivity contribution in [1.82, 2.24) is 15.1 Å². The molecule has 7 heteroatoms. The molecule has 0 spiro atoms. The van der Waals surface area contributed by atoms with Crippen LogP contribution in [0.15, 0.2) is 53.4 Å². The number of nitrogens with zero attached hydrogens (tertiary/aromatic N) is 2. The van der Waals surface area contributed by atoms with E-state index in [1.54, 1.807) is 11.8 Å². The summed E-state index contributed by atoms with van der Waals surface area (Å²) in [5.74, 6) is 1.01. The fourth-order valence-electron chi connectivity index (χ4n) is 3.44. The lowest BCUT2D eigenvalue weighted by atomic mass is 10.1. The van der Waals surface area contributed by atoms with Gasteiger partial charge in [-0.3, -0.25) is 14.5 Å². The third kappa shape index (κ3) is 6.00. The number of rotatable bonds is 7. The number of hydrogen-bond donors (Lipinski definition) is 1. The Morgan fingerprint density at radius 1 is 0.967 bits per heavy atom. The molecule has 2 fully saturated rings. The number of carbonyl (C=O) groups excluding carboxylic acids is 2. The van der Waals surface area contributed by atoms with E-state index >= 15 is 0 Å². The first-order chi connectivity index (χ1) is 14.6. The average Bonchev–Trinajstić information content (AvgIpc) is 3.57. The van der Waals surface area contributed by atoms with Crippen LogP contribution in [0.5, 0.6) is 0 Å². The van der Waals surface area contributed by atoms with E-state index in [0.29, 0.717) is 25.7 Å². The van der Waals surface area contributed by atoms with Crippen LogP contribution < -0.4 is 5.32 Å². The summed E-state index contributed by atoms with van der Waals surface area (Å²) in [6, 6.07) is 16.1. The first kappa shape index (κ1) is 21.2. The number of thioether (sulfide) groups is 1. The van der Waals surface area contributed by atoms with Crippen molar-refractivity contribution >= 4 is 35.2 Å². The van der Waals surface area contributed by atoms with Gasteiger partial charge in [0, 0.05) is 53.5 Å². The zero-order valence-electron chi connectivity index (χ0n) is 16.9. The summed E-state index contributed by atoms with van der Waals surface area (Å²) in [5, 5.41) is 3.76. The van der Waals surface area contributed by atoms with Crippen molar-refractivity contribution in [3.8, 4) is 0 Å². The molecule has 2 aromatic carbocycles. The first-order valence-electron chi connectivity index (χ1n) is 10.3. The zero-order valence-corrected chi connectivity index (χ0v) is 18.4. The van der Waals surface area contributed by atoms with Crippen LogP contribution in [0.2, 0.25) is 5.02 Å². The van der Waals surface area contributed by atoms with E-state index in [2.05, 4.69) is 10.2 Å². The van der Waals surface area contributed by atoms with Gasteiger partial charge in [0.2, 0.25) is 5.91 Å². The molecule has 0 radical (unpaired) electrons. The Morgan fingerprint density at radius 3 is 2.27 bits per heavy atom. The second kappa shape index (κ2) is 9.86. The molecule has 158 valence electrons. The van der Waals surface area contributed by atoms with Gasteiger partial charge in [0.25, 0.3) is 5.91 Å². The molecule has 2 aromatic rings. The van der Waals surface area contributed by atoms with E-state index in [1.807, 2.05) is 53.4 Å². The van der Waals surface area contributed by atoms with Crippen LogP contribution >= 0.6 is 23.4 Å². The van der Waals surface area contributed by atoms with Crippen LogP contribution in [-0.2, 0) is 10.5 Å². The lowest BCUT2D eigenvalue weighted by molar-refractivity contribution is -0.122. The average molecular weight is 444 g/mol. The van der Waals surface area contributed by atoms with E-state index in [0.717, 1.165) is 42.3 Å². The molecular formula is C23H26ClN3O2S. The molecule has 1 heterocycles. The zero-order chi connectivity index (χ0) is 20.9. The van der Waals surface area contributed by atoms with Crippen molar-refractivity contribution < 1.29 is 9.59 Å². The Bertz CT molecular complexity index is 876. The fourth-order valence-corrected chi connectivity index (χ4v) is 4.42. The molecular weight excluding hydrogens is 418 g/mol. The second-order valence-electron chi connectivity index (χ2n) is 7.85. The van der Waals surface area contributed by atoms with E-state index in [9.17, 15) is 9.59 Å². The number of nitrogens with one attached hydrogen (secondary N) is 1. The van der Waals surface area contributed by atoms with Gasteiger partial charge in [0.15, 0.2) is 0 Å². The summed E-state index contributed by atoms with van der Waals surface area (Å²) in [7, 11) is 0. The monoisotopic (exact) mass is 443 g/mol. The summed E-state index contributed by atoms with van der Waals surface area (Å²) in [6.45, 7) is 3.21. The van der Waals surface area contributed by atoms with Gasteiger partial charge in [-0.05, 0) is 54.8 Å². The van der Waals surface area contributed by atoms with Crippen LogP contribution in [0.3, 0.4) is 0 Å². The van der Waals surface area contributed by atoms with Gasteiger partial charge in [0.1, 0.15) is 0 Å². The molecule has 0 unspecified atom stereocenters. The number of carbonyl (C=O) groups is 2. The maximum absolute atomic E-state index is 12.8. The molecule has 1 N–H and O–H groups in total. The predicted molar refractivity (Wildman–Crippen MR) is 121 cm³/mol. The maximum Gasteiger partial charge on any atom is 0.253 e. The van der Waals surface area contributed by atoms with Crippen molar-refractivity contribution in [1.29, 1.82) is 0 Å². The van der Waals surface area contributed by atoms with Crippen LogP contribution in [-0.4, -0.2) is 60.4 Å². The molecule has 2 aliphatic rings. The number of hydrogen-bond acceptors (Lipinski definition) is 4. The topological polar surface area (TPSA) is 52.7 Å². The third-order valence-corrected chi connectivity index (χ3v) is 6.72. The molecule has 1 saturated carbocycles. The highest BCUT2D eigenvalue weighted by atomic mass is 35.5. The molecule has 0 bridgehead atoms. The Morgan fingerprint density at radius 2 is 1.63 bits per heavy atom. The van der Waals surface area contributed by atoms with E-state index in [4.69, 9.17) is 11.6 Å². The molecule has 1 aliphatic heterocycles. The lowest BCUT2D eigenvalue weighted by Gasteiger charge is -2.34. The summed E-state index contributed by atoms with van der Waals surface area (Å²) in [6.07, 6.45) is 2.21. The predicted octanol–water partition coefficient (Wildman–Crippen LogP) is 3.67. The summed E-state index contributed by atoms with van der Waals surface area (Å²) in [4.78, 5) is 29.9. The highest BCUT2D eigenvalue weighted by Gasteiger charge is 2.26. The minimum absolute atomic E-state index is 0.0639. The fraction of sp³-hybridized carbons (Fsp3) is 0.391. The van der Waals surface area contributed by atoms with Gasteiger partial charge < -0.3 is 10.2 Å². The van der Waals surface area contributed by atoms with Crippen LogP contribution in [0.4, 0.5) is 0 Å². The summed E-state index contributed by atoms with van der Waals surface area (Å²) < 4.78 is 0. The van der Waals surface area contributed by atoms with E-state index in [-0.39, 0.29) is 11.8 Å². The molecule has 4 rings (SSSR count). The molecule has 0 atom stereocenters. The van der Waals surface area contributed by atoms with Crippen LogP contribution in [0, 0.1) is 0 Å². The SMILES string of the molecule is O=C(CN1CCN(C(=O)c2ccc(CSc3ccc(Cl)cc3)cc2)CC1)NC1CC1. The van der Waals surface area contributed by atoms with E-state index in [1.165, 1.54) is 10.5 Å². The van der Waals surface area contributed by atoms with Gasteiger partial charge in [-0.25, -0.2) is 0 Å². The highest BCUT2D eigenvalue weighted by Crippen LogP contribution is 2.24. The van der Waals surface area contributed by atoms with Crippen molar-refractivity contribution in [2.75, 3.05) is 32.7 Å². The standard InChI is InChI=1S/C23H26ClN3O2S/c24-19-5-9-21(10-6-19)30-16-17-1-3-18(4-2-17)23(29)27-13-11-26(12-14-27)15-22(28)25-20-7-8-20/h1-6,9-10,20H,7-8,11-16H2,(H,25,28). The van der Waals surface area contributed by atoms with Gasteiger partial charge >= 0.3 is 0 Å². The van der Waals surface area contributed by atoms with Gasteiger partial charge in [-0.1, -0.05) is 23.7 Å². The van der Waals surface area contributed by atoms with E-state index < -0.39 is 0 Å². The first-order valence-corrected chi connectivity index (χ1v) is 11.7. The second-order valence-corrected chi connectivity index (χ2v) is 9.33. The maximum atomic E-state index is 12.8. The molecule has 1 aliphatic carbocycles. The Hall–Kier alpha value is -2.02. The van der Waals surface area contributed by atoms with Crippen LogP contribution in [0.1, 0.15) is 28.8 Å². The molecule has 1 saturated heterocycles. The smallest absolute Gasteiger partial charge is 0.253 e. The van der Waals surface area contributed by atoms with Gasteiger partial charge in [0.05, 0.1) is 6.54 Å². The van der Waals surface area contributed by atoms with Gasteiger partial charge in [-0.2, -0.15) is 0 Å². The Kier molecular flexibility index (Phi) is 6.97. The Labute approximate surface area is 186 Å². The number of amides is 2. The quantitative estimate of drug-likeness (QED) is 0.663. The van der Waals surface area contributed by atoms with Crippen molar-refractivity contribution in [2.24, 2.45) is 0 Å². The number of halogens is 1. The van der Waals surface area contributed by atoms with Crippen molar-refractivity contribution in [3.05, 3.63) is 64.7 Å².